The molecular formula is C23H33F2N3O4. The first-order chi connectivity index (χ1) is 15.0. The van der Waals surface area contributed by atoms with E-state index in [2.05, 4.69) is 28.5 Å². The molecule has 2 amide bonds. The molecule has 178 valence electrons. The molecule has 2 N–H and O–H groups in total. The van der Waals surface area contributed by atoms with Crippen molar-refractivity contribution in [2.75, 3.05) is 19.7 Å². The highest BCUT2D eigenvalue weighted by atomic mass is 19.3. The molecule has 32 heavy (non-hydrogen) atoms. The highest BCUT2D eigenvalue weighted by Gasteiger charge is 2.48. The number of hydrogen-bond acceptors (Lipinski definition) is 5. The lowest BCUT2D eigenvalue weighted by molar-refractivity contribution is -0.218. The summed E-state index contributed by atoms with van der Waals surface area (Å²) < 4.78 is 31.1. The van der Waals surface area contributed by atoms with Crippen LogP contribution in [0.2, 0.25) is 0 Å². The van der Waals surface area contributed by atoms with Gasteiger partial charge in [-0.15, -0.1) is 0 Å². The van der Waals surface area contributed by atoms with Crippen LogP contribution in [0.15, 0.2) is 24.4 Å². The second kappa shape index (κ2) is 9.68. The maximum Gasteiger partial charge on any atom is 0.353 e. The van der Waals surface area contributed by atoms with Crippen molar-refractivity contribution in [3.05, 3.63) is 24.4 Å². The lowest BCUT2D eigenvalue weighted by Crippen LogP contribution is -2.47. The Morgan fingerprint density at radius 1 is 1.31 bits per heavy atom. The Hall–Kier alpha value is -2.29. The van der Waals surface area contributed by atoms with Crippen LogP contribution in [0.25, 0.3) is 0 Å². The van der Waals surface area contributed by atoms with E-state index in [-0.39, 0.29) is 30.4 Å². The van der Waals surface area contributed by atoms with Gasteiger partial charge in [0.2, 0.25) is 11.7 Å². The first kappa shape index (κ1) is 24.4. The SMILES string of the molecule is C=C(COC(C)(F)F)[C@H](C[C@@H]1CCNC1=O)NC(=C)[C@@H]1[C@H]2CCC[C@H]2CN1C(=O)C(C)=O. The van der Waals surface area contributed by atoms with E-state index in [0.717, 1.165) is 19.3 Å². The molecule has 5 atom stereocenters. The molecule has 2 heterocycles. The number of nitrogens with zero attached hydrogens (tertiary/aromatic N) is 1. The summed E-state index contributed by atoms with van der Waals surface area (Å²) in [6.45, 7) is 10.7. The molecule has 7 nitrogen and oxygen atoms in total. The minimum absolute atomic E-state index is 0.0814. The molecule has 2 aliphatic heterocycles. The maximum atomic E-state index is 13.2. The molecule has 0 aromatic heterocycles. The third-order valence-electron chi connectivity index (χ3n) is 6.86. The van der Waals surface area contributed by atoms with Gasteiger partial charge in [0.1, 0.15) is 0 Å². The normalized spacial score (nSPS) is 28.2. The molecule has 9 heteroatoms. The van der Waals surface area contributed by atoms with Gasteiger partial charge < -0.3 is 20.3 Å². The second-order valence-corrected chi connectivity index (χ2v) is 9.30. The largest absolute Gasteiger partial charge is 0.381 e. The molecule has 0 aromatic rings. The zero-order valence-corrected chi connectivity index (χ0v) is 18.8. The molecule has 1 saturated carbocycles. The topological polar surface area (TPSA) is 87.7 Å². The molecular weight excluding hydrogens is 420 g/mol. The first-order valence-corrected chi connectivity index (χ1v) is 11.2. The fraction of sp³-hybridized carbons (Fsp3) is 0.696. The van der Waals surface area contributed by atoms with Crippen LogP contribution in [0.1, 0.15) is 46.0 Å². The number of carbonyl (C=O) groups excluding carboxylic acids is 3. The number of nitrogens with one attached hydrogen (secondary N) is 2. The Morgan fingerprint density at radius 3 is 2.62 bits per heavy atom. The van der Waals surface area contributed by atoms with Gasteiger partial charge in [-0.1, -0.05) is 19.6 Å². The van der Waals surface area contributed by atoms with E-state index in [1.165, 1.54) is 6.92 Å². The smallest absolute Gasteiger partial charge is 0.353 e. The second-order valence-electron chi connectivity index (χ2n) is 9.30. The van der Waals surface area contributed by atoms with E-state index in [0.29, 0.717) is 50.0 Å². The minimum Gasteiger partial charge on any atom is -0.381 e. The molecule has 2 saturated heterocycles. The summed E-state index contributed by atoms with van der Waals surface area (Å²) in [6, 6.07) is -0.895. The van der Waals surface area contributed by atoms with Crippen molar-refractivity contribution in [3.8, 4) is 0 Å². The van der Waals surface area contributed by atoms with Crippen molar-refractivity contribution in [2.45, 2.75) is 64.1 Å². The quantitative estimate of drug-likeness (QED) is 0.392. The summed E-state index contributed by atoms with van der Waals surface area (Å²) in [5, 5.41) is 6.06. The van der Waals surface area contributed by atoms with Crippen LogP contribution in [0.3, 0.4) is 0 Å². The minimum atomic E-state index is -3.30. The van der Waals surface area contributed by atoms with E-state index in [1.54, 1.807) is 4.90 Å². The molecule has 1 aliphatic carbocycles. The number of Topliss-reactive ketones (excluding diaryl/α,β-unsaturated/α-hetero) is 1. The van der Waals surface area contributed by atoms with Gasteiger partial charge in [0.05, 0.1) is 12.6 Å². The van der Waals surface area contributed by atoms with Crippen molar-refractivity contribution >= 4 is 17.6 Å². The van der Waals surface area contributed by atoms with Gasteiger partial charge in [0.25, 0.3) is 5.91 Å². The third-order valence-corrected chi connectivity index (χ3v) is 6.86. The number of halogens is 2. The van der Waals surface area contributed by atoms with Gasteiger partial charge in [-0.05, 0) is 43.1 Å². The fourth-order valence-electron chi connectivity index (χ4n) is 5.27. The van der Waals surface area contributed by atoms with Crippen molar-refractivity contribution in [2.24, 2.45) is 17.8 Å². The van der Waals surface area contributed by atoms with Gasteiger partial charge in [0.15, 0.2) is 0 Å². The van der Waals surface area contributed by atoms with Crippen LogP contribution in [0.5, 0.6) is 0 Å². The number of ether oxygens (including phenoxy) is 1. The summed E-state index contributed by atoms with van der Waals surface area (Å²) in [5.41, 5.74) is 0.916. The molecule has 3 aliphatic rings. The van der Waals surface area contributed by atoms with E-state index in [4.69, 9.17) is 0 Å². The predicted octanol–water partition coefficient (Wildman–Crippen LogP) is 2.39. The number of fused-ring (bicyclic) bond motifs is 1. The standard InChI is InChI=1S/C23H33F2N3O4/c1-13(12-32-23(4,24)25)19(10-16-8-9-26-21(16)30)27-14(2)20-18-7-5-6-17(18)11-28(20)22(31)15(3)29/h16-20,27H,1-2,5-12H2,3-4H3,(H,26,30)/t16-,17-,18-,19-,20+/m0/s1. The molecule has 0 aromatic carbocycles. The monoisotopic (exact) mass is 453 g/mol. The molecule has 3 rings (SSSR count). The number of carbonyl (C=O) groups is 3. The zero-order chi connectivity index (χ0) is 23.6. The highest BCUT2D eigenvalue weighted by Crippen LogP contribution is 2.44. The Labute approximate surface area is 187 Å². The lowest BCUT2D eigenvalue weighted by atomic mass is 9.90. The van der Waals surface area contributed by atoms with Gasteiger partial charge >= 0.3 is 6.11 Å². The van der Waals surface area contributed by atoms with Crippen LogP contribution in [0, 0.1) is 17.8 Å². The maximum absolute atomic E-state index is 13.2. The van der Waals surface area contributed by atoms with Crippen molar-refractivity contribution in [1.82, 2.24) is 15.5 Å². The number of alkyl halides is 2. The molecule has 0 bridgehead atoms. The first-order valence-electron chi connectivity index (χ1n) is 11.2. The molecule has 3 fully saturated rings. The predicted molar refractivity (Wildman–Crippen MR) is 115 cm³/mol. The van der Waals surface area contributed by atoms with Crippen LogP contribution >= 0.6 is 0 Å². The summed E-state index contributed by atoms with van der Waals surface area (Å²) in [7, 11) is 0. The van der Waals surface area contributed by atoms with Gasteiger partial charge in [0, 0.05) is 44.6 Å². The summed E-state index contributed by atoms with van der Waals surface area (Å²) in [5.74, 6) is -0.916. The molecule has 0 unspecified atom stereocenters. The van der Waals surface area contributed by atoms with Crippen LogP contribution in [0.4, 0.5) is 8.78 Å². The summed E-state index contributed by atoms with van der Waals surface area (Å²) in [4.78, 5) is 38.1. The van der Waals surface area contributed by atoms with E-state index >= 15 is 0 Å². The van der Waals surface area contributed by atoms with Crippen LogP contribution < -0.4 is 10.6 Å². The van der Waals surface area contributed by atoms with Crippen molar-refractivity contribution < 1.29 is 27.9 Å². The Bertz CT molecular complexity index is 795. The van der Waals surface area contributed by atoms with Crippen LogP contribution in [-0.2, 0) is 19.1 Å². The van der Waals surface area contributed by atoms with Crippen LogP contribution in [-0.4, -0.2) is 60.4 Å². The average Bonchev–Trinajstić information content (AvgIpc) is 3.40. The van der Waals surface area contributed by atoms with Gasteiger partial charge in [-0.2, -0.15) is 8.78 Å². The van der Waals surface area contributed by atoms with E-state index < -0.39 is 23.8 Å². The summed E-state index contributed by atoms with van der Waals surface area (Å²) in [6.07, 6.45) is 0.670. The fourth-order valence-corrected chi connectivity index (χ4v) is 5.27. The number of amides is 2. The summed E-state index contributed by atoms with van der Waals surface area (Å²) >= 11 is 0. The van der Waals surface area contributed by atoms with Crippen molar-refractivity contribution in [1.29, 1.82) is 0 Å². The Morgan fingerprint density at radius 2 is 2.03 bits per heavy atom. The number of ketones is 1. The number of hydrogen-bond donors (Lipinski definition) is 2. The molecule has 0 spiro atoms. The Kier molecular flexibility index (Phi) is 7.37. The highest BCUT2D eigenvalue weighted by molar-refractivity contribution is 6.35. The average molecular weight is 454 g/mol. The van der Waals surface area contributed by atoms with Gasteiger partial charge in [-0.25, -0.2) is 0 Å². The zero-order valence-electron chi connectivity index (χ0n) is 18.8. The number of rotatable bonds is 10. The lowest BCUT2D eigenvalue weighted by Gasteiger charge is -2.33. The molecule has 0 radical (unpaired) electrons. The van der Waals surface area contributed by atoms with Crippen molar-refractivity contribution in [3.63, 3.8) is 0 Å². The number of likely N-dealkylation sites (tertiary alicyclic amines) is 1. The van der Waals surface area contributed by atoms with E-state index in [9.17, 15) is 23.2 Å². The van der Waals surface area contributed by atoms with Gasteiger partial charge in [-0.3, -0.25) is 14.4 Å². The van der Waals surface area contributed by atoms with E-state index in [1.807, 2.05) is 0 Å². The Balaban J connectivity index is 1.77. The third kappa shape index (κ3) is 5.54.